The maximum Gasteiger partial charge on any atom is 0.256 e. The van der Waals surface area contributed by atoms with Crippen LogP contribution < -0.4 is 16.0 Å². The molecular weight excluding hydrogens is 454 g/mol. The Hall–Kier alpha value is -4.24. The molecule has 0 unspecified atom stereocenters. The van der Waals surface area contributed by atoms with Crippen molar-refractivity contribution in [1.82, 2.24) is 25.1 Å². The van der Waals surface area contributed by atoms with E-state index in [0.29, 0.717) is 29.6 Å². The first-order valence-electron chi connectivity index (χ1n) is 11.8. The van der Waals surface area contributed by atoms with Gasteiger partial charge in [-0.3, -0.25) is 9.59 Å². The lowest BCUT2D eigenvalue weighted by atomic mass is 9.99. The maximum absolute atomic E-state index is 12.8. The highest BCUT2D eigenvalue weighted by Gasteiger charge is 2.17. The van der Waals surface area contributed by atoms with E-state index in [4.69, 9.17) is 0 Å². The topological polar surface area (TPSA) is 102 Å². The van der Waals surface area contributed by atoms with Gasteiger partial charge in [0.1, 0.15) is 11.4 Å². The number of likely N-dealkylation sites (N-methyl/N-ethyl adjacent to an activating group) is 1. The highest BCUT2D eigenvalue weighted by atomic mass is 16.2. The molecule has 0 atom stereocenters. The summed E-state index contributed by atoms with van der Waals surface area (Å²) in [6, 6.07) is 13.3. The number of hydrogen-bond donors (Lipinski definition) is 3. The largest absolute Gasteiger partial charge is 0.348 e. The number of amides is 2. The van der Waals surface area contributed by atoms with Crippen molar-refractivity contribution < 1.29 is 9.59 Å². The van der Waals surface area contributed by atoms with Gasteiger partial charge in [-0.15, -0.1) is 6.58 Å². The molecule has 9 heteroatoms. The van der Waals surface area contributed by atoms with Crippen molar-refractivity contribution in [3.63, 3.8) is 0 Å². The van der Waals surface area contributed by atoms with Crippen molar-refractivity contribution in [2.45, 2.75) is 13.0 Å². The first-order chi connectivity index (χ1) is 17.3. The number of aromatic nitrogens is 2. The van der Waals surface area contributed by atoms with E-state index in [9.17, 15) is 9.59 Å². The molecule has 0 bridgehead atoms. The molecule has 2 amide bonds. The summed E-state index contributed by atoms with van der Waals surface area (Å²) >= 11 is 0. The molecule has 1 aliphatic rings. The molecule has 0 spiro atoms. The number of nitrogens with zero attached hydrogens (tertiary/aromatic N) is 4. The van der Waals surface area contributed by atoms with E-state index < -0.39 is 0 Å². The minimum atomic E-state index is -0.332. The summed E-state index contributed by atoms with van der Waals surface area (Å²) in [4.78, 5) is 38.0. The highest BCUT2D eigenvalue weighted by molar-refractivity contribution is 6.00. The third-order valence-electron chi connectivity index (χ3n) is 5.88. The molecule has 0 saturated carbocycles. The zero-order chi connectivity index (χ0) is 25.7. The molecule has 2 heterocycles. The summed E-state index contributed by atoms with van der Waals surface area (Å²) in [5, 5.41) is 9.21. The van der Waals surface area contributed by atoms with Crippen molar-refractivity contribution in [3.05, 3.63) is 83.6 Å². The second-order valence-electron chi connectivity index (χ2n) is 8.96. The Labute approximate surface area is 211 Å². The number of anilines is 4. The SMILES string of the molecule is C=CCNC(=O)c1cnc(Nc2ccc3c(c2)CN(C)CC3)nc1Nc1cccc(C(=O)N(C)C)c1. The van der Waals surface area contributed by atoms with Crippen LogP contribution in [0.25, 0.3) is 0 Å². The summed E-state index contributed by atoms with van der Waals surface area (Å²) in [5.74, 6) is 0.218. The van der Waals surface area contributed by atoms with Gasteiger partial charge in [-0.2, -0.15) is 4.98 Å². The summed E-state index contributed by atoms with van der Waals surface area (Å²) in [6.45, 7) is 5.90. The number of rotatable bonds is 8. The standard InChI is InChI=1S/C27H31N7O2/c1-5-12-28-25(35)23-16-29-27(31-22-10-9-18-11-13-34(4)17-20(18)15-22)32-24(23)30-21-8-6-7-19(14-21)26(36)33(2)3/h5-10,14-16H,1,11-13,17H2,2-4H3,(H,28,35)(H2,29,30,31,32). The van der Waals surface area contributed by atoms with E-state index in [1.807, 2.05) is 12.1 Å². The average molecular weight is 486 g/mol. The van der Waals surface area contributed by atoms with Gasteiger partial charge in [0.05, 0.1) is 0 Å². The first-order valence-corrected chi connectivity index (χ1v) is 11.8. The van der Waals surface area contributed by atoms with Crippen molar-refractivity contribution in [1.29, 1.82) is 0 Å². The lowest BCUT2D eigenvalue weighted by Gasteiger charge is -2.25. The number of hydrogen-bond acceptors (Lipinski definition) is 7. The summed E-state index contributed by atoms with van der Waals surface area (Å²) in [5.41, 5.74) is 4.92. The zero-order valence-corrected chi connectivity index (χ0v) is 20.8. The van der Waals surface area contributed by atoms with Crippen LogP contribution in [0, 0.1) is 0 Å². The molecule has 36 heavy (non-hydrogen) atoms. The lowest BCUT2D eigenvalue weighted by Crippen LogP contribution is -2.26. The second-order valence-corrected chi connectivity index (χ2v) is 8.96. The Morgan fingerprint density at radius 3 is 2.69 bits per heavy atom. The number of benzene rings is 2. The van der Waals surface area contributed by atoms with E-state index >= 15 is 0 Å². The van der Waals surface area contributed by atoms with Gasteiger partial charge in [-0.05, 0) is 54.9 Å². The summed E-state index contributed by atoms with van der Waals surface area (Å²) < 4.78 is 0. The second kappa shape index (κ2) is 11.0. The minimum Gasteiger partial charge on any atom is -0.348 e. The van der Waals surface area contributed by atoms with Gasteiger partial charge in [-0.1, -0.05) is 18.2 Å². The van der Waals surface area contributed by atoms with Crippen molar-refractivity contribution in [2.75, 3.05) is 44.9 Å². The van der Waals surface area contributed by atoms with Gasteiger partial charge in [0.15, 0.2) is 0 Å². The average Bonchev–Trinajstić information content (AvgIpc) is 2.87. The van der Waals surface area contributed by atoms with Crippen LogP contribution in [0.1, 0.15) is 31.8 Å². The van der Waals surface area contributed by atoms with Crippen LogP contribution in [0.4, 0.5) is 23.1 Å². The van der Waals surface area contributed by atoms with Gasteiger partial charge >= 0.3 is 0 Å². The Morgan fingerprint density at radius 2 is 1.92 bits per heavy atom. The number of carbonyl (C=O) groups is 2. The fourth-order valence-corrected chi connectivity index (χ4v) is 3.99. The third kappa shape index (κ3) is 5.87. The van der Waals surface area contributed by atoms with Crippen molar-refractivity contribution in [3.8, 4) is 0 Å². The smallest absolute Gasteiger partial charge is 0.256 e. The molecule has 0 aliphatic carbocycles. The Bertz CT molecular complexity index is 1290. The Morgan fingerprint density at radius 1 is 1.11 bits per heavy atom. The molecule has 3 N–H and O–H groups in total. The highest BCUT2D eigenvalue weighted by Crippen LogP contribution is 2.25. The summed E-state index contributed by atoms with van der Waals surface area (Å²) in [7, 11) is 5.51. The Balaban J connectivity index is 1.63. The Kier molecular flexibility index (Phi) is 7.60. The molecule has 2 aromatic carbocycles. The fourth-order valence-electron chi connectivity index (χ4n) is 3.99. The van der Waals surface area contributed by atoms with Crippen LogP contribution in [0.3, 0.4) is 0 Å². The molecule has 4 rings (SSSR count). The maximum atomic E-state index is 12.8. The van der Waals surface area contributed by atoms with Gasteiger partial charge in [0.2, 0.25) is 5.95 Å². The number of fused-ring (bicyclic) bond motifs is 1. The fraction of sp³-hybridized carbons (Fsp3) is 0.259. The molecule has 186 valence electrons. The monoisotopic (exact) mass is 485 g/mol. The van der Waals surface area contributed by atoms with Crippen LogP contribution in [0.2, 0.25) is 0 Å². The third-order valence-corrected chi connectivity index (χ3v) is 5.88. The molecule has 0 fully saturated rings. The molecule has 1 aliphatic heterocycles. The molecular formula is C27H31N7O2. The predicted octanol–water partition coefficient (Wildman–Crippen LogP) is 3.57. The lowest BCUT2D eigenvalue weighted by molar-refractivity contribution is 0.0827. The molecule has 0 radical (unpaired) electrons. The molecule has 9 nitrogen and oxygen atoms in total. The van der Waals surface area contributed by atoms with E-state index in [0.717, 1.165) is 25.2 Å². The number of carbonyl (C=O) groups excluding carboxylic acids is 2. The van der Waals surface area contributed by atoms with Gasteiger partial charge in [0.25, 0.3) is 11.8 Å². The molecule has 0 saturated heterocycles. The van der Waals surface area contributed by atoms with E-state index in [-0.39, 0.29) is 17.4 Å². The molecule has 3 aromatic rings. The normalized spacial score (nSPS) is 12.9. The number of nitrogens with one attached hydrogen (secondary N) is 3. The van der Waals surface area contributed by atoms with Crippen LogP contribution in [0.15, 0.2) is 61.3 Å². The van der Waals surface area contributed by atoms with Crippen molar-refractivity contribution >= 4 is 35.0 Å². The van der Waals surface area contributed by atoms with Crippen LogP contribution in [0.5, 0.6) is 0 Å². The molecule has 1 aromatic heterocycles. The van der Waals surface area contributed by atoms with Crippen molar-refractivity contribution in [2.24, 2.45) is 0 Å². The predicted molar refractivity (Wildman–Crippen MR) is 142 cm³/mol. The van der Waals surface area contributed by atoms with Gasteiger partial charge in [0, 0.05) is 56.9 Å². The van der Waals surface area contributed by atoms with Crippen LogP contribution in [-0.2, 0) is 13.0 Å². The zero-order valence-electron chi connectivity index (χ0n) is 20.8. The quantitative estimate of drug-likeness (QED) is 0.419. The van der Waals surface area contributed by atoms with Gasteiger partial charge < -0.3 is 25.8 Å². The first kappa shape index (κ1) is 24.9. The summed E-state index contributed by atoms with van der Waals surface area (Å²) in [6.07, 6.45) is 4.11. The van der Waals surface area contributed by atoms with E-state index in [1.165, 1.54) is 22.2 Å². The van der Waals surface area contributed by atoms with Gasteiger partial charge in [-0.25, -0.2) is 4.98 Å². The van der Waals surface area contributed by atoms with E-state index in [1.54, 1.807) is 38.4 Å². The minimum absolute atomic E-state index is 0.120. The van der Waals surface area contributed by atoms with E-state index in [2.05, 4.69) is 56.6 Å². The van der Waals surface area contributed by atoms with Crippen LogP contribution in [-0.4, -0.2) is 65.8 Å². The van der Waals surface area contributed by atoms with Crippen LogP contribution >= 0.6 is 0 Å².